The summed E-state index contributed by atoms with van der Waals surface area (Å²) in [7, 11) is 0. The normalized spacial score (nSPS) is 12.4. The molecule has 0 spiro atoms. The Kier molecular flexibility index (Phi) is 4.22. The molecule has 1 nitrogen and oxygen atoms in total. The predicted octanol–water partition coefficient (Wildman–Crippen LogP) is 3.42. The molecule has 0 aliphatic carbocycles. The van der Waals surface area contributed by atoms with Crippen LogP contribution >= 0.6 is 0 Å². The fourth-order valence-corrected chi connectivity index (χ4v) is 2.03. The van der Waals surface area contributed by atoms with E-state index in [0.717, 1.165) is 12.1 Å². The largest absolute Gasteiger partial charge is 0.396 e. The fraction of sp³-hybridized carbons (Fsp3) is 0.200. The number of hydrogen-bond acceptors (Lipinski definition) is 1. The van der Waals surface area contributed by atoms with Crippen molar-refractivity contribution in [1.82, 2.24) is 0 Å². The molecule has 1 atom stereocenters. The van der Waals surface area contributed by atoms with Gasteiger partial charge in [0.1, 0.15) is 17.5 Å². The van der Waals surface area contributed by atoms with Gasteiger partial charge in [-0.15, -0.1) is 0 Å². The Morgan fingerprint density at radius 2 is 1.68 bits per heavy atom. The van der Waals surface area contributed by atoms with Crippen LogP contribution in [0.4, 0.5) is 13.2 Å². The second-order valence-corrected chi connectivity index (χ2v) is 4.34. The molecule has 0 bridgehead atoms. The first-order chi connectivity index (χ1) is 9.11. The predicted molar refractivity (Wildman–Crippen MR) is 66.3 cm³/mol. The summed E-state index contributed by atoms with van der Waals surface area (Å²) in [5.41, 5.74) is 0.581. The highest BCUT2D eigenvalue weighted by Crippen LogP contribution is 2.24. The average Bonchev–Trinajstić information content (AvgIpc) is 2.39. The van der Waals surface area contributed by atoms with Gasteiger partial charge in [-0.1, -0.05) is 24.3 Å². The molecule has 1 unspecified atom stereocenters. The second-order valence-electron chi connectivity index (χ2n) is 4.34. The first-order valence-electron chi connectivity index (χ1n) is 5.91. The molecule has 2 rings (SSSR count). The maximum atomic E-state index is 13.6. The lowest BCUT2D eigenvalue weighted by Gasteiger charge is -2.16. The van der Waals surface area contributed by atoms with E-state index in [4.69, 9.17) is 0 Å². The van der Waals surface area contributed by atoms with Gasteiger partial charge in [-0.05, 0) is 29.7 Å². The van der Waals surface area contributed by atoms with Crippen molar-refractivity contribution in [2.24, 2.45) is 0 Å². The van der Waals surface area contributed by atoms with Crippen molar-refractivity contribution in [2.75, 3.05) is 6.61 Å². The van der Waals surface area contributed by atoms with Crippen molar-refractivity contribution in [3.8, 4) is 0 Å². The zero-order valence-corrected chi connectivity index (χ0v) is 10.1. The molecule has 4 heteroatoms. The van der Waals surface area contributed by atoms with Crippen LogP contribution in [0.2, 0.25) is 0 Å². The highest BCUT2D eigenvalue weighted by atomic mass is 19.1. The highest BCUT2D eigenvalue weighted by Gasteiger charge is 2.17. The summed E-state index contributed by atoms with van der Waals surface area (Å²) in [6, 6.07) is 9.29. The van der Waals surface area contributed by atoms with Crippen LogP contribution in [0.1, 0.15) is 17.0 Å². The summed E-state index contributed by atoms with van der Waals surface area (Å²) in [5.74, 6) is -2.34. The summed E-state index contributed by atoms with van der Waals surface area (Å²) >= 11 is 0. The molecule has 0 fully saturated rings. The van der Waals surface area contributed by atoms with E-state index in [1.54, 1.807) is 18.2 Å². The zero-order valence-electron chi connectivity index (χ0n) is 10.1. The van der Waals surface area contributed by atoms with Crippen LogP contribution in [0.5, 0.6) is 0 Å². The van der Waals surface area contributed by atoms with E-state index in [2.05, 4.69) is 0 Å². The molecule has 0 aliphatic heterocycles. The molecule has 0 radical (unpaired) electrons. The topological polar surface area (TPSA) is 20.2 Å². The maximum absolute atomic E-state index is 13.6. The molecular weight excluding hydrogens is 253 g/mol. The average molecular weight is 266 g/mol. The molecule has 19 heavy (non-hydrogen) atoms. The van der Waals surface area contributed by atoms with Gasteiger partial charge in [0.15, 0.2) is 0 Å². The minimum absolute atomic E-state index is 0.115. The molecule has 0 saturated heterocycles. The molecule has 0 heterocycles. The monoisotopic (exact) mass is 266 g/mol. The molecule has 0 amide bonds. The lowest BCUT2D eigenvalue weighted by atomic mass is 9.92. The Bertz CT molecular complexity index is 569. The van der Waals surface area contributed by atoms with Crippen LogP contribution in [0.25, 0.3) is 0 Å². The van der Waals surface area contributed by atoms with Gasteiger partial charge in [0.25, 0.3) is 0 Å². The molecule has 1 N–H and O–H groups in total. The third-order valence-electron chi connectivity index (χ3n) is 3.05. The Hall–Kier alpha value is -1.81. The number of halogens is 3. The van der Waals surface area contributed by atoms with Crippen LogP contribution in [-0.2, 0) is 6.42 Å². The van der Waals surface area contributed by atoms with Crippen LogP contribution in [-0.4, -0.2) is 11.7 Å². The molecule has 2 aromatic carbocycles. The minimum atomic E-state index is -0.685. The zero-order chi connectivity index (χ0) is 13.8. The van der Waals surface area contributed by atoms with Gasteiger partial charge < -0.3 is 5.11 Å². The Morgan fingerprint density at radius 1 is 0.947 bits per heavy atom. The van der Waals surface area contributed by atoms with Crippen LogP contribution in [0.3, 0.4) is 0 Å². The van der Waals surface area contributed by atoms with Crippen molar-refractivity contribution < 1.29 is 18.3 Å². The SMILES string of the molecule is OCC(Cc1ccc(F)cc1F)c1ccccc1F. The fourth-order valence-electron chi connectivity index (χ4n) is 2.03. The van der Waals surface area contributed by atoms with E-state index in [1.165, 1.54) is 12.1 Å². The van der Waals surface area contributed by atoms with Crippen LogP contribution in [0, 0.1) is 17.5 Å². The van der Waals surface area contributed by atoms with Gasteiger partial charge in [0.05, 0.1) is 6.61 Å². The Balaban J connectivity index is 2.27. The van der Waals surface area contributed by atoms with Gasteiger partial charge in [0, 0.05) is 12.0 Å². The third-order valence-corrected chi connectivity index (χ3v) is 3.05. The van der Waals surface area contributed by atoms with Crippen LogP contribution < -0.4 is 0 Å². The van der Waals surface area contributed by atoms with Crippen molar-refractivity contribution in [2.45, 2.75) is 12.3 Å². The van der Waals surface area contributed by atoms with Gasteiger partial charge >= 0.3 is 0 Å². The second kappa shape index (κ2) is 5.89. The van der Waals surface area contributed by atoms with Crippen molar-refractivity contribution >= 4 is 0 Å². The van der Waals surface area contributed by atoms with E-state index < -0.39 is 23.4 Å². The first-order valence-corrected chi connectivity index (χ1v) is 5.91. The Labute approximate surface area is 109 Å². The molecule has 0 aromatic heterocycles. The van der Waals surface area contributed by atoms with E-state index in [-0.39, 0.29) is 18.6 Å². The summed E-state index contributed by atoms with van der Waals surface area (Å²) in [5, 5.41) is 9.35. The highest BCUT2D eigenvalue weighted by molar-refractivity contribution is 5.26. The number of aliphatic hydroxyl groups is 1. The lowest BCUT2D eigenvalue weighted by Crippen LogP contribution is -2.11. The maximum Gasteiger partial charge on any atom is 0.129 e. The summed E-state index contributed by atoms with van der Waals surface area (Å²) < 4.78 is 40.0. The van der Waals surface area contributed by atoms with Crippen molar-refractivity contribution in [1.29, 1.82) is 0 Å². The molecule has 2 aromatic rings. The van der Waals surface area contributed by atoms with Gasteiger partial charge in [-0.25, -0.2) is 13.2 Å². The smallest absolute Gasteiger partial charge is 0.129 e. The summed E-state index contributed by atoms with van der Waals surface area (Å²) in [4.78, 5) is 0. The third kappa shape index (κ3) is 3.15. The van der Waals surface area contributed by atoms with E-state index in [1.807, 2.05) is 0 Å². The standard InChI is InChI=1S/C15H13F3O/c16-12-6-5-10(15(18)8-12)7-11(9-19)13-3-1-2-4-14(13)17/h1-6,8,11,19H,7,9H2. The number of benzene rings is 2. The number of hydrogen-bond donors (Lipinski definition) is 1. The lowest BCUT2D eigenvalue weighted by molar-refractivity contribution is 0.261. The van der Waals surface area contributed by atoms with Crippen molar-refractivity contribution in [3.05, 3.63) is 71.0 Å². The molecule has 0 aliphatic rings. The minimum Gasteiger partial charge on any atom is -0.396 e. The molecule has 100 valence electrons. The van der Waals surface area contributed by atoms with Crippen molar-refractivity contribution in [3.63, 3.8) is 0 Å². The van der Waals surface area contributed by atoms with Crippen LogP contribution in [0.15, 0.2) is 42.5 Å². The quantitative estimate of drug-likeness (QED) is 0.899. The van der Waals surface area contributed by atoms with Gasteiger partial charge in [0.2, 0.25) is 0 Å². The molecular formula is C15H13F3O. The van der Waals surface area contributed by atoms with Gasteiger partial charge in [-0.2, -0.15) is 0 Å². The van der Waals surface area contributed by atoms with Gasteiger partial charge in [-0.3, -0.25) is 0 Å². The molecule has 0 saturated carbocycles. The van der Waals surface area contributed by atoms with E-state index >= 15 is 0 Å². The first kappa shape index (κ1) is 13.6. The summed E-state index contributed by atoms with van der Waals surface area (Å²) in [6.07, 6.45) is 0.115. The van der Waals surface area contributed by atoms with E-state index in [0.29, 0.717) is 5.56 Å². The summed E-state index contributed by atoms with van der Waals surface area (Å²) in [6.45, 7) is -0.308. The number of aliphatic hydroxyl groups excluding tert-OH is 1. The van der Waals surface area contributed by atoms with E-state index in [9.17, 15) is 18.3 Å². The Morgan fingerprint density at radius 3 is 2.32 bits per heavy atom. The number of rotatable bonds is 4.